The highest BCUT2D eigenvalue weighted by atomic mass is 16.5. The Balaban J connectivity index is 2.57. The van der Waals surface area contributed by atoms with E-state index in [-0.39, 0.29) is 12.0 Å². The van der Waals surface area contributed by atoms with E-state index in [0.717, 1.165) is 24.3 Å². The summed E-state index contributed by atoms with van der Waals surface area (Å²) in [5, 5.41) is 9.50. The van der Waals surface area contributed by atoms with Gasteiger partial charge >= 0.3 is 0 Å². The van der Waals surface area contributed by atoms with Crippen LogP contribution in [0.15, 0.2) is 12.1 Å². The topological polar surface area (TPSA) is 32.7 Å². The smallest absolute Gasteiger partial charge is 0.128 e. The molecule has 3 nitrogen and oxygen atoms in total. The summed E-state index contributed by atoms with van der Waals surface area (Å²) in [5.74, 6) is 0.950. The van der Waals surface area contributed by atoms with E-state index < -0.39 is 0 Å². The second-order valence-electron chi connectivity index (χ2n) is 5.36. The van der Waals surface area contributed by atoms with Crippen LogP contribution in [0.25, 0.3) is 0 Å². The summed E-state index contributed by atoms with van der Waals surface area (Å²) in [4.78, 5) is 2.24. The van der Waals surface area contributed by atoms with Crippen LogP contribution in [0.1, 0.15) is 25.0 Å². The first-order valence-electron chi connectivity index (χ1n) is 6.03. The van der Waals surface area contributed by atoms with Crippen molar-refractivity contribution in [2.75, 3.05) is 32.2 Å². The van der Waals surface area contributed by atoms with Gasteiger partial charge in [-0.15, -0.1) is 0 Å². The monoisotopic (exact) mass is 235 g/mol. The lowest BCUT2D eigenvalue weighted by molar-refractivity contribution is 0.214. The van der Waals surface area contributed by atoms with E-state index in [0.29, 0.717) is 0 Å². The summed E-state index contributed by atoms with van der Waals surface area (Å²) < 4.78 is 5.59. The number of aliphatic hydroxyl groups is 1. The highest BCUT2D eigenvalue weighted by Gasteiger charge is 2.29. The molecule has 1 aliphatic rings. The lowest BCUT2D eigenvalue weighted by Gasteiger charge is -2.26. The second-order valence-corrected chi connectivity index (χ2v) is 5.36. The van der Waals surface area contributed by atoms with Crippen LogP contribution in [0.2, 0.25) is 0 Å². The van der Waals surface area contributed by atoms with Crippen LogP contribution in [-0.2, 0) is 11.8 Å². The Hall–Kier alpha value is -1.22. The van der Waals surface area contributed by atoms with Gasteiger partial charge in [0.25, 0.3) is 0 Å². The number of hydrogen-bond donors (Lipinski definition) is 1. The van der Waals surface area contributed by atoms with Crippen LogP contribution in [-0.4, -0.2) is 32.4 Å². The van der Waals surface area contributed by atoms with Gasteiger partial charge in [-0.1, -0.05) is 19.9 Å². The summed E-state index contributed by atoms with van der Waals surface area (Å²) in [5.41, 5.74) is 3.35. The number of methoxy groups -OCH3 is 1. The molecule has 0 amide bonds. The molecule has 0 bridgehead atoms. The van der Waals surface area contributed by atoms with Gasteiger partial charge in [0.05, 0.1) is 13.7 Å². The molecule has 0 aromatic heterocycles. The second kappa shape index (κ2) is 4.22. The third-order valence-corrected chi connectivity index (χ3v) is 3.67. The van der Waals surface area contributed by atoms with Crippen molar-refractivity contribution in [3.63, 3.8) is 0 Å². The van der Waals surface area contributed by atoms with Gasteiger partial charge in [0.2, 0.25) is 0 Å². The Morgan fingerprint density at radius 2 is 2.12 bits per heavy atom. The molecule has 1 N–H and O–H groups in total. The lowest BCUT2D eigenvalue weighted by Crippen LogP contribution is -2.23. The van der Waals surface area contributed by atoms with Crippen molar-refractivity contribution < 1.29 is 9.84 Å². The molecule has 2 rings (SSSR count). The van der Waals surface area contributed by atoms with Gasteiger partial charge < -0.3 is 14.7 Å². The number of ether oxygens (including phenoxy) is 1. The highest BCUT2D eigenvalue weighted by molar-refractivity contribution is 5.66. The molecule has 0 radical (unpaired) electrons. The lowest BCUT2D eigenvalue weighted by atomic mass is 9.83. The fourth-order valence-electron chi connectivity index (χ4n) is 2.47. The van der Waals surface area contributed by atoms with Gasteiger partial charge in [-0.2, -0.15) is 0 Å². The zero-order valence-electron chi connectivity index (χ0n) is 11.1. The molecule has 0 saturated heterocycles. The first kappa shape index (κ1) is 12.2. The molecule has 3 heteroatoms. The molecular formula is C14H21NO2. The Morgan fingerprint density at radius 1 is 1.41 bits per heavy atom. The zero-order valence-corrected chi connectivity index (χ0v) is 11.1. The van der Waals surface area contributed by atoms with Crippen LogP contribution >= 0.6 is 0 Å². The van der Waals surface area contributed by atoms with Crippen molar-refractivity contribution in [3.8, 4) is 5.75 Å². The molecule has 0 unspecified atom stereocenters. The molecule has 1 aromatic carbocycles. The number of anilines is 1. The van der Waals surface area contributed by atoms with Crippen LogP contribution in [0.4, 0.5) is 5.69 Å². The normalized spacial score (nSPS) is 15.0. The van der Waals surface area contributed by atoms with E-state index >= 15 is 0 Å². The Morgan fingerprint density at radius 3 is 2.71 bits per heavy atom. The number of aliphatic hydroxyl groups excluding tert-OH is 1. The average molecular weight is 235 g/mol. The number of fused-ring (bicyclic) bond motifs is 1. The Kier molecular flexibility index (Phi) is 3.04. The van der Waals surface area contributed by atoms with E-state index in [1.807, 2.05) is 13.8 Å². The number of likely N-dealkylation sites (N-methyl/N-ethyl adjacent to an activating group) is 1. The van der Waals surface area contributed by atoms with Crippen molar-refractivity contribution in [1.82, 2.24) is 0 Å². The molecule has 0 atom stereocenters. The minimum absolute atomic E-state index is 0.123. The van der Waals surface area contributed by atoms with E-state index in [9.17, 15) is 5.11 Å². The predicted octanol–water partition coefficient (Wildman–Crippen LogP) is 1.96. The van der Waals surface area contributed by atoms with Crippen molar-refractivity contribution in [1.29, 1.82) is 0 Å². The van der Waals surface area contributed by atoms with Gasteiger partial charge in [-0.05, 0) is 12.5 Å². The van der Waals surface area contributed by atoms with E-state index in [4.69, 9.17) is 4.74 Å². The fourth-order valence-corrected chi connectivity index (χ4v) is 2.47. The first-order chi connectivity index (χ1) is 8.01. The molecule has 1 aliphatic heterocycles. The van der Waals surface area contributed by atoms with Gasteiger partial charge in [0.1, 0.15) is 5.75 Å². The van der Waals surface area contributed by atoms with Gasteiger partial charge in [0.15, 0.2) is 0 Å². The molecule has 1 aromatic rings. The summed E-state index contributed by atoms with van der Waals surface area (Å²) in [7, 11) is 3.81. The average Bonchev–Trinajstić information content (AvgIpc) is 2.70. The molecule has 94 valence electrons. The van der Waals surface area contributed by atoms with E-state index in [1.54, 1.807) is 7.11 Å². The summed E-state index contributed by atoms with van der Waals surface area (Å²) >= 11 is 0. The van der Waals surface area contributed by atoms with Gasteiger partial charge in [-0.25, -0.2) is 0 Å². The number of hydrogen-bond acceptors (Lipinski definition) is 3. The molecular weight excluding hydrogens is 214 g/mol. The molecule has 0 fully saturated rings. The van der Waals surface area contributed by atoms with E-state index in [2.05, 4.69) is 24.1 Å². The SMILES string of the molecule is COc1c(C(C)(C)CO)ccc2c1CCN2C. The molecule has 0 aliphatic carbocycles. The van der Waals surface area contributed by atoms with Gasteiger partial charge in [0, 0.05) is 35.8 Å². The highest BCUT2D eigenvalue weighted by Crippen LogP contribution is 2.41. The summed E-state index contributed by atoms with van der Waals surface area (Å²) in [6, 6.07) is 4.22. The van der Waals surface area contributed by atoms with Crippen molar-refractivity contribution in [2.45, 2.75) is 25.7 Å². The van der Waals surface area contributed by atoms with Crippen molar-refractivity contribution in [3.05, 3.63) is 23.3 Å². The van der Waals surface area contributed by atoms with Crippen molar-refractivity contribution in [2.24, 2.45) is 0 Å². The molecule has 1 heterocycles. The maximum absolute atomic E-state index is 9.50. The third-order valence-electron chi connectivity index (χ3n) is 3.67. The van der Waals surface area contributed by atoms with Crippen LogP contribution in [0.3, 0.4) is 0 Å². The van der Waals surface area contributed by atoms with Crippen LogP contribution < -0.4 is 9.64 Å². The minimum atomic E-state index is -0.262. The number of rotatable bonds is 3. The summed E-state index contributed by atoms with van der Waals surface area (Å²) in [6.07, 6.45) is 1.02. The quantitative estimate of drug-likeness (QED) is 0.869. The zero-order chi connectivity index (χ0) is 12.6. The predicted molar refractivity (Wildman–Crippen MR) is 70.1 cm³/mol. The molecule has 0 spiro atoms. The largest absolute Gasteiger partial charge is 0.496 e. The third kappa shape index (κ3) is 1.89. The minimum Gasteiger partial charge on any atom is -0.496 e. The first-order valence-corrected chi connectivity index (χ1v) is 6.03. The number of nitrogens with zero attached hydrogens (tertiary/aromatic N) is 1. The standard InChI is InChI=1S/C14H21NO2/c1-14(2,9-16)11-5-6-12-10(13(11)17-4)7-8-15(12)3/h5-6,16H,7-9H2,1-4H3. The Labute approximate surface area is 103 Å². The maximum Gasteiger partial charge on any atom is 0.128 e. The number of benzene rings is 1. The molecule has 17 heavy (non-hydrogen) atoms. The Bertz CT molecular complexity index is 426. The van der Waals surface area contributed by atoms with E-state index in [1.165, 1.54) is 11.3 Å². The van der Waals surface area contributed by atoms with Gasteiger partial charge in [-0.3, -0.25) is 0 Å². The van der Waals surface area contributed by atoms with Crippen molar-refractivity contribution >= 4 is 5.69 Å². The van der Waals surface area contributed by atoms with Crippen LogP contribution in [0.5, 0.6) is 5.75 Å². The maximum atomic E-state index is 9.50. The van der Waals surface area contributed by atoms with Crippen LogP contribution in [0, 0.1) is 0 Å². The molecule has 0 saturated carbocycles. The summed E-state index contributed by atoms with van der Waals surface area (Å²) in [6.45, 7) is 5.23. The fraction of sp³-hybridized carbons (Fsp3) is 0.571.